The maximum atomic E-state index is 12.8. The minimum absolute atomic E-state index is 0.0533. The van der Waals surface area contributed by atoms with E-state index in [1.807, 2.05) is 0 Å². The number of nitrogens with zero attached hydrogens (tertiary/aromatic N) is 3. The largest absolute Gasteiger partial charge is 0.328 e. The van der Waals surface area contributed by atoms with Crippen LogP contribution in [0.2, 0.25) is 0 Å². The molecule has 0 saturated heterocycles. The van der Waals surface area contributed by atoms with Crippen LogP contribution in [0.25, 0.3) is 21.3 Å². The number of aromatic nitrogens is 3. The molecule has 140 valence electrons. The Balaban J connectivity index is 1.77. The first kappa shape index (κ1) is 17.6. The Morgan fingerprint density at radius 1 is 0.852 bits per heavy atom. The fourth-order valence-corrected chi connectivity index (χ4v) is 5.05. The number of thiazole rings is 1. The fraction of sp³-hybridized carbons (Fsp3) is 0.176. The molecule has 1 N–H and O–H groups in total. The molecule has 10 heteroatoms. The molecule has 0 amide bonds. The van der Waals surface area contributed by atoms with E-state index in [1.54, 1.807) is 45.4 Å². The van der Waals surface area contributed by atoms with Gasteiger partial charge in [0, 0.05) is 21.1 Å². The number of benzene rings is 2. The van der Waals surface area contributed by atoms with Gasteiger partial charge in [0.2, 0.25) is 0 Å². The van der Waals surface area contributed by atoms with Crippen LogP contribution in [0.5, 0.6) is 0 Å². The predicted molar refractivity (Wildman–Crippen MR) is 106 cm³/mol. The molecule has 0 spiro atoms. The molecule has 0 fully saturated rings. The normalized spacial score (nSPS) is 12.1. The minimum atomic E-state index is -3.85. The highest BCUT2D eigenvalue weighted by Crippen LogP contribution is 2.24. The first-order valence-electron chi connectivity index (χ1n) is 7.97. The molecular formula is C17H16N4O4S2. The first-order chi connectivity index (χ1) is 12.7. The number of hydrogen-bond acceptors (Lipinski definition) is 5. The summed E-state index contributed by atoms with van der Waals surface area (Å²) in [6.45, 7) is 0. The zero-order valence-corrected chi connectivity index (χ0v) is 16.4. The van der Waals surface area contributed by atoms with E-state index in [-0.39, 0.29) is 15.5 Å². The number of anilines is 1. The second-order valence-electron chi connectivity index (χ2n) is 6.27. The van der Waals surface area contributed by atoms with E-state index in [0.717, 1.165) is 16.9 Å². The Morgan fingerprint density at radius 2 is 1.52 bits per heavy atom. The molecule has 8 nitrogen and oxygen atoms in total. The second kappa shape index (κ2) is 5.83. The number of rotatable bonds is 3. The molecule has 2 aromatic heterocycles. The smallest absolute Gasteiger partial charge is 0.302 e. The van der Waals surface area contributed by atoms with Crippen molar-refractivity contribution >= 4 is 48.3 Å². The van der Waals surface area contributed by atoms with Crippen molar-refractivity contribution in [3.8, 4) is 0 Å². The second-order valence-corrected chi connectivity index (χ2v) is 8.94. The van der Waals surface area contributed by atoms with Crippen LogP contribution >= 0.6 is 11.3 Å². The lowest BCUT2D eigenvalue weighted by Crippen LogP contribution is -2.19. The average molecular weight is 404 g/mol. The van der Waals surface area contributed by atoms with E-state index in [0.29, 0.717) is 21.4 Å². The summed E-state index contributed by atoms with van der Waals surface area (Å²) >= 11 is 1.05. The van der Waals surface area contributed by atoms with E-state index < -0.39 is 10.0 Å². The molecule has 0 saturated carbocycles. The molecule has 4 rings (SSSR count). The Morgan fingerprint density at radius 3 is 2.26 bits per heavy atom. The van der Waals surface area contributed by atoms with Crippen molar-refractivity contribution in [3.63, 3.8) is 0 Å². The molecule has 2 aromatic carbocycles. The van der Waals surface area contributed by atoms with Crippen molar-refractivity contribution in [3.05, 3.63) is 56.5 Å². The average Bonchev–Trinajstić information content (AvgIpc) is 3.03. The summed E-state index contributed by atoms with van der Waals surface area (Å²) in [5.74, 6) is 0. The van der Waals surface area contributed by atoms with Crippen LogP contribution in [0.15, 0.2) is 50.9 Å². The molecule has 0 bridgehead atoms. The van der Waals surface area contributed by atoms with Gasteiger partial charge in [-0.15, -0.1) is 0 Å². The monoisotopic (exact) mass is 404 g/mol. The molecule has 27 heavy (non-hydrogen) atoms. The maximum Gasteiger partial charge on any atom is 0.328 e. The molecule has 0 radical (unpaired) electrons. The molecule has 4 aromatic rings. The highest BCUT2D eigenvalue weighted by atomic mass is 32.2. The number of sulfonamides is 1. The quantitative estimate of drug-likeness (QED) is 0.561. The van der Waals surface area contributed by atoms with E-state index in [4.69, 9.17) is 0 Å². The number of fused-ring (bicyclic) bond motifs is 2. The molecule has 0 atom stereocenters. The van der Waals surface area contributed by atoms with E-state index >= 15 is 0 Å². The van der Waals surface area contributed by atoms with Crippen LogP contribution in [-0.2, 0) is 31.2 Å². The van der Waals surface area contributed by atoms with Crippen LogP contribution in [0, 0.1) is 0 Å². The molecule has 0 aliphatic carbocycles. The van der Waals surface area contributed by atoms with Gasteiger partial charge in [0.25, 0.3) is 10.0 Å². The summed E-state index contributed by atoms with van der Waals surface area (Å²) < 4.78 is 33.2. The van der Waals surface area contributed by atoms with E-state index in [9.17, 15) is 18.0 Å². The summed E-state index contributed by atoms with van der Waals surface area (Å²) in [7, 11) is 1.05. The Hall–Kier alpha value is -2.85. The van der Waals surface area contributed by atoms with Gasteiger partial charge in [-0.05, 0) is 36.4 Å². The zero-order valence-electron chi connectivity index (χ0n) is 14.8. The van der Waals surface area contributed by atoms with Crippen LogP contribution < -0.4 is 15.3 Å². The van der Waals surface area contributed by atoms with Gasteiger partial charge in [-0.3, -0.25) is 18.7 Å². The van der Waals surface area contributed by atoms with Crippen molar-refractivity contribution in [1.29, 1.82) is 0 Å². The van der Waals surface area contributed by atoms with Crippen LogP contribution in [0.1, 0.15) is 0 Å². The molecule has 0 aliphatic rings. The fourth-order valence-electron chi connectivity index (χ4n) is 3.07. The standard InChI is InChI=1S/C17H16N4O4S2/c1-19-12-7-5-11(9-14(12)20(2)16(19)22)27(24,25)18-10-4-6-13-15(8-10)26-17(23)21(13)3/h4-9,18H,1-3H3. The molecule has 2 heterocycles. The van der Waals surface area contributed by atoms with Crippen molar-refractivity contribution in [2.45, 2.75) is 4.90 Å². The van der Waals surface area contributed by atoms with Crippen molar-refractivity contribution in [2.24, 2.45) is 21.1 Å². The molecule has 0 unspecified atom stereocenters. The summed E-state index contributed by atoms with van der Waals surface area (Å²) in [5.41, 5.74) is 2.07. The number of aryl methyl sites for hydroxylation is 3. The van der Waals surface area contributed by atoms with Crippen LogP contribution in [0.4, 0.5) is 5.69 Å². The van der Waals surface area contributed by atoms with Crippen LogP contribution in [0.3, 0.4) is 0 Å². The third-order valence-corrected chi connectivity index (χ3v) is 6.97. The van der Waals surface area contributed by atoms with Gasteiger partial charge in [-0.1, -0.05) is 11.3 Å². The van der Waals surface area contributed by atoms with Crippen molar-refractivity contribution in [1.82, 2.24) is 13.7 Å². The summed E-state index contributed by atoms with van der Waals surface area (Å²) in [4.78, 5) is 23.7. The summed E-state index contributed by atoms with van der Waals surface area (Å²) in [5, 5.41) is 0. The third kappa shape index (κ3) is 2.68. The van der Waals surface area contributed by atoms with Gasteiger partial charge in [-0.2, -0.15) is 0 Å². The first-order valence-corrected chi connectivity index (χ1v) is 10.3. The Kier molecular flexibility index (Phi) is 3.79. The lowest BCUT2D eigenvalue weighted by atomic mass is 10.3. The predicted octanol–water partition coefficient (Wildman–Crippen LogP) is 1.59. The molecular weight excluding hydrogens is 388 g/mol. The van der Waals surface area contributed by atoms with E-state index in [1.165, 1.54) is 25.8 Å². The van der Waals surface area contributed by atoms with Gasteiger partial charge in [-0.25, -0.2) is 13.2 Å². The number of imidazole rings is 1. The lowest BCUT2D eigenvalue weighted by molar-refractivity contribution is 0.601. The topological polar surface area (TPSA) is 95.1 Å². The van der Waals surface area contributed by atoms with Gasteiger partial charge >= 0.3 is 10.6 Å². The lowest BCUT2D eigenvalue weighted by Gasteiger charge is -2.09. The van der Waals surface area contributed by atoms with Crippen molar-refractivity contribution < 1.29 is 8.42 Å². The van der Waals surface area contributed by atoms with E-state index in [2.05, 4.69) is 4.72 Å². The molecule has 0 aliphatic heterocycles. The van der Waals surface area contributed by atoms with Gasteiger partial charge in [0.05, 0.1) is 31.8 Å². The van der Waals surface area contributed by atoms with Gasteiger partial charge in [0.1, 0.15) is 0 Å². The highest BCUT2D eigenvalue weighted by molar-refractivity contribution is 7.92. The summed E-state index contributed by atoms with van der Waals surface area (Å²) in [6.07, 6.45) is 0. The zero-order chi connectivity index (χ0) is 19.5. The van der Waals surface area contributed by atoms with Crippen LogP contribution in [-0.4, -0.2) is 22.1 Å². The Labute approximate surface area is 157 Å². The highest BCUT2D eigenvalue weighted by Gasteiger charge is 2.18. The summed E-state index contributed by atoms with van der Waals surface area (Å²) in [6, 6.07) is 9.49. The SMILES string of the molecule is Cn1c(=O)sc2cc(NS(=O)(=O)c3ccc4c(c3)n(C)c(=O)n4C)ccc21. The van der Waals surface area contributed by atoms with Gasteiger partial charge < -0.3 is 4.57 Å². The number of nitrogens with one attached hydrogen (secondary N) is 1. The Bertz CT molecular complexity index is 1440. The maximum absolute atomic E-state index is 12.8. The number of hydrogen-bond donors (Lipinski definition) is 1. The third-order valence-electron chi connectivity index (χ3n) is 4.60. The minimum Gasteiger partial charge on any atom is -0.302 e. The van der Waals surface area contributed by atoms with Crippen molar-refractivity contribution in [2.75, 3.05) is 4.72 Å². The van der Waals surface area contributed by atoms with Gasteiger partial charge in [0.15, 0.2) is 0 Å².